The third-order valence-corrected chi connectivity index (χ3v) is 4.36. The minimum absolute atomic E-state index is 0.146. The maximum atomic E-state index is 11.8. The Bertz CT molecular complexity index is 401. The summed E-state index contributed by atoms with van der Waals surface area (Å²) in [5.41, 5.74) is 3.03. The van der Waals surface area contributed by atoms with Gasteiger partial charge in [-0.1, -0.05) is 6.92 Å². The molecule has 0 aromatic carbocycles. The van der Waals surface area contributed by atoms with Gasteiger partial charge in [-0.3, -0.25) is 14.6 Å². The monoisotopic (exact) mass is 296 g/mol. The molecule has 1 amide bonds. The van der Waals surface area contributed by atoms with Crippen LogP contribution in [-0.4, -0.2) is 59.5 Å². The zero-order valence-corrected chi connectivity index (χ0v) is 13.2. The number of nitrogens with zero attached hydrogens (tertiary/aromatic N) is 3. The second-order valence-electron chi connectivity index (χ2n) is 5.41. The molecule has 2 heterocycles. The molecule has 112 valence electrons. The van der Waals surface area contributed by atoms with E-state index in [9.17, 15) is 4.79 Å². The van der Waals surface area contributed by atoms with Crippen molar-refractivity contribution in [1.29, 1.82) is 0 Å². The molecule has 0 aliphatic carbocycles. The summed E-state index contributed by atoms with van der Waals surface area (Å²) in [5.74, 6) is 0.146. The average Bonchev–Trinajstić information content (AvgIpc) is 2.93. The molecule has 2 rings (SSSR count). The first-order valence-electron chi connectivity index (χ1n) is 7.28. The highest BCUT2D eigenvalue weighted by Crippen LogP contribution is 2.08. The van der Waals surface area contributed by atoms with Crippen LogP contribution in [0.5, 0.6) is 0 Å². The Morgan fingerprint density at radius 3 is 2.70 bits per heavy atom. The molecule has 5 nitrogen and oxygen atoms in total. The van der Waals surface area contributed by atoms with Gasteiger partial charge in [-0.2, -0.15) is 0 Å². The average molecular weight is 296 g/mol. The van der Waals surface area contributed by atoms with E-state index in [0.717, 1.165) is 44.8 Å². The highest BCUT2D eigenvalue weighted by atomic mass is 32.1. The van der Waals surface area contributed by atoms with Crippen LogP contribution < -0.4 is 5.32 Å². The number of hydrogen-bond acceptors (Lipinski definition) is 5. The standard InChI is InChI=1S/C14H24N4OS/c1-3-12(2)16-14(19)9-18-6-4-17(5-7-18)8-13-10-20-11-15-13/h10-12H,3-9H2,1-2H3,(H,16,19). The van der Waals surface area contributed by atoms with Crippen molar-refractivity contribution >= 4 is 17.2 Å². The van der Waals surface area contributed by atoms with Crippen LogP contribution >= 0.6 is 11.3 Å². The van der Waals surface area contributed by atoms with E-state index in [1.807, 2.05) is 12.4 Å². The van der Waals surface area contributed by atoms with Gasteiger partial charge in [0.1, 0.15) is 0 Å². The predicted molar refractivity (Wildman–Crippen MR) is 81.7 cm³/mol. The van der Waals surface area contributed by atoms with Gasteiger partial charge in [0, 0.05) is 44.1 Å². The maximum Gasteiger partial charge on any atom is 0.234 e. The largest absolute Gasteiger partial charge is 0.353 e. The number of carbonyl (C=O) groups is 1. The summed E-state index contributed by atoms with van der Waals surface area (Å²) in [5, 5.41) is 5.12. The summed E-state index contributed by atoms with van der Waals surface area (Å²) < 4.78 is 0. The summed E-state index contributed by atoms with van der Waals surface area (Å²) in [4.78, 5) is 20.8. The van der Waals surface area contributed by atoms with E-state index in [4.69, 9.17) is 0 Å². The van der Waals surface area contributed by atoms with Crippen molar-refractivity contribution in [3.05, 3.63) is 16.6 Å². The van der Waals surface area contributed by atoms with Gasteiger partial charge in [0.05, 0.1) is 17.7 Å². The molecule has 1 aliphatic rings. The topological polar surface area (TPSA) is 48.5 Å². The van der Waals surface area contributed by atoms with Crippen LogP contribution in [0.15, 0.2) is 10.9 Å². The zero-order valence-electron chi connectivity index (χ0n) is 12.3. The van der Waals surface area contributed by atoms with Crippen LogP contribution in [0.25, 0.3) is 0 Å². The predicted octanol–water partition coefficient (Wildman–Crippen LogP) is 1.18. The fourth-order valence-electron chi connectivity index (χ4n) is 2.28. The first-order valence-corrected chi connectivity index (χ1v) is 8.22. The molecule has 6 heteroatoms. The van der Waals surface area contributed by atoms with Crippen LogP contribution in [0.4, 0.5) is 0 Å². The summed E-state index contributed by atoms with van der Waals surface area (Å²) in [6.07, 6.45) is 0.979. The molecular weight excluding hydrogens is 272 g/mol. The van der Waals surface area contributed by atoms with Crippen LogP contribution in [-0.2, 0) is 11.3 Å². The van der Waals surface area contributed by atoms with E-state index in [-0.39, 0.29) is 11.9 Å². The maximum absolute atomic E-state index is 11.8. The Morgan fingerprint density at radius 2 is 2.10 bits per heavy atom. The third-order valence-electron chi connectivity index (χ3n) is 3.72. The minimum Gasteiger partial charge on any atom is -0.353 e. The normalized spacial score (nSPS) is 18.9. The van der Waals surface area contributed by atoms with Gasteiger partial charge in [0.15, 0.2) is 0 Å². The Morgan fingerprint density at radius 1 is 1.40 bits per heavy atom. The second kappa shape index (κ2) is 7.71. The lowest BCUT2D eigenvalue weighted by Gasteiger charge is -2.34. The fourth-order valence-corrected chi connectivity index (χ4v) is 2.83. The molecule has 1 aliphatic heterocycles. The van der Waals surface area contributed by atoms with E-state index >= 15 is 0 Å². The van der Waals surface area contributed by atoms with Crippen molar-refractivity contribution in [1.82, 2.24) is 20.1 Å². The first kappa shape index (κ1) is 15.4. The molecule has 0 saturated carbocycles. The molecule has 1 unspecified atom stereocenters. The number of thiazole rings is 1. The molecule has 1 atom stereocenters. The lowest BCUT2D eigenvalue weighted by atomic mass is 10.2. The van der Waals surface area contributed by atoms with Gasteiger partial charge in [-0.25, -0.2) is 4.98 Å². The summed E-state index contributed by atoms with van der Waals surface area (Å²) in [7, 11) is 0. The second-order valence-corrected chi connectivity index (χ2v) is 6.13. The van der Waals surface area contributed by atoms with Crippen molar-refractivity contribution in [3.63, 3.8) is 0 Å². The number of aromatic nitrogens is 1. The number of amides is 1. The molecule has 0 bridgehead atoms. The van der Waals surface area contributed by atoms with Gasteiger partial charge in [0.2, 0.25) is 5.91 Å². The minimum atomic E-state index is 0.146. The van der Waals surface area contributed by atoms with Crippen molar-refractivity contribution < 1.29 is 4.79 Å². The molecular formula is C14H24N4OS. The molecule has 1 aromatic heterocycles. The molecule has 1 N–H and O–H groups in total. The lowest BCUT2D eigenvalue weighted by Crippen LogP contribution is -2.49. The third kappa shape index (κ3) is 4.85. The summed E-state index contributed by atoms with van der Waals surface area (Å²) in [6.45, 7) is 9.51. The first-order chi connectivity index (χ1) is 9.67. The highest BCUT2D eigenvalue weighted by Gasteiger charge is 2.19. The van der Waals surface area contributed by atoms with Crippen molar-refractivity contribution in [2.75, 3.05) is 32.7 Å². The number of nitrogens with one attached hydrogen (secondary N) is 1. The Kier molecular flexibility index (Phi) is 5.94. The molecule has 1 fully saturated rings. The van der Waals surface area contributed by atoms with E-state index in [2.05, 4.69) is 32.4 Å². The van der Waals surface area contributed by atoms with Crippen molar-refractivity contribution in [3.8, 4) is 0 Å². The van der Waals surface area contributed by atoms with E-state index < -0.39 is 0 Å². The van der Waals surface area contributed by atoms with Gasteiger partial charge >= 0.3 is 0 Å². The van der Waals surface area contributed by atoms with Crippen LogP contribution in [0.1, 0.15) is 26.0 Å². The van der Waals surface area contributed by atoms with Crippen molar-refractivity contribution in [2.24, 2.45) is 0 Å². The van der Waals surface area contributed by atoms with Crippen LogP contribution in [0.3, 0.4) is 0 Å². The molecule has 0 radical (unpaired) electrons. The van der Waals surface area contributed by atoms with Crippen LogP contribution in [0, 0.1) is 0 Å². The molecule has 0 spiro atoms. The van der Waals surface area contributed by atoms with Gasteiger partial charge in [-0.05, 0) is 13.3 Å². The lowest BCUT2D eigenvalue weighted by molar-refractivity contribution is -0.123. The summed E-state index contributed by atoms with van der Waals surface area (Å²) in [6, 6.07) is 0.272. The number of piperazine rings is 1. The van der Waals surface area contributed by atoms with Crippen LogP contribution in [0.2, 0.25) is 0 Å². The van der Waals surface area contributed by atoms with Crippen molar-refractivity contribution in [2.45, 2.75) is 32.9 Å². The quantitative estimate of drug-likeness (QED) is 0.856. The molecule has 1 aromatic rings. The smallest absolute Gasteiger partial charge is 0.234 e. The fraction of sp³-hybridized carbons (Fsp3) is 0.714. The van der Waals surface area contributed by atoms with E-state index in [1.54, 1.807) is 11.3 Å². The van der Waals surface area contributed by atoms with E-state index in [1.165, 1.54) is 0 Å². The zero-order chi connectivity index (χ0) is 14.4. The molecule has 1 saturated heterocycles. The summed E-state index contributed by atoms with van der Waals surface area (Å²) >= 11 is 1.64. The van der Waals surface area contributed by atoms with Gasteiger partial charge in [0.25, 0.3) is 0 Å². The Balaban J connectivity index is 1.67. The Labute approximate surface area is 125 Å². The number of carbonyl (C=O) groups excluding carboxylic acids is 1. The molecule has 20 heavy (non-hydrogen) atoms. The van der Waals surface area contributed by atoms with Gasteiger partial charge < -0.3 is 5.32 Å². The number of hydrogen-bond donors (Lipinski definition) is 1. The Hall–Kier alpha value is -0.980. The van der Waals surface area contributed by atoms with E-state index in [0.29, 0.717) is 6.54 Å². The highest BCUT2D eigenvalue weighted by molar-refractivity contribution is 7.07. The SMILES string of the molecule is CCC(C)NC(=O)CN1CCN(Cc2cscn2)CC1. The van der Waals surface area contributed by atoms with Gasteiger partial charge in [-0.15, -0.1) is 11.3 Å². The number of rotatable bonds is 6.